The van der Waals surface area contributed by atoms with Crippen LogP contribution >= 0.6 is 0 Å². The van der Waals surface area contributed by atoms with Gasteiger partial charge in [-0.25, -0.2) is 0 Å². The standard InChI is InChI=1S/C8H19N3/c1-10-4-2-5-11-6-3-8(9)7-11/h8,10H,2-7,9H2,1H3. The van der Waals surface area contributed by atoms with E-state index in [4.69, 9.17) is 5.73 Å². The molecule has 1 rings (SSSR count). The summed E-state index contributed by atoms with van der Waals surface area (Å²) in [5.41, 5.74) is 5.77. The summed E-state index contributed by atoms with van der Waals surface area (Å²) in [7, 11) is 2.00. The van der Waals surface area contributed by atoms with Crippen molar-refractivity contribution in [2.24, 2.45) is 5.73 Å². The van der Waals surface area contributed by atoms with Gasteiger partial charge in [-0.15, -0.1) is 0 Å². The van der Waals surface area contributed by atoms with Crippen molar-refractivity contribution in [3.05, 3.63) is 0 Å². The Kier molecular flexibility index (Phi) is 3.83. The van der Waals surface area contributed by atoms with Crippen LogP contribution in [0.2, 0.25) is 0 Å². The van der Waals surface area contributed by atoms with Gasteiger partial charge in [-0.1, -0.05) is 0 Å². The summed E-state index contributed by atoms with van der Waals surface area (Å²) < 4.78 is 0. The highest BCUT2D eigenvalue weighted by Crippen LogP contribution is 2.06. The molecule has 0 aromatic rings. The topological polar surface area (TPSA) is 41.3 Å². The van der Waals surface area contributed by atoms with Crippen molar-refractivity contribution in [1.29, 1.82) is 0 Å². The van der Waals surface area contributed by atoms with E-state index in [0.717, 1.165) is 13.1 Å². The quantitative estimate of drug-likeness (QED) is 0.547. The van der Waals surface area contributed by atoms with E-state index in [-0.39, 0.29) is 0 Å². The molecule has 1 heterocycles. The molecule has 11 heavy (non-hydrogen) atoms. The predicted octanol–water partition coefficient (Wildman–Crippen LogP) is -0.371. The fourth-order valence-corrected chi connectivity index (χ4v) is 1.55. The molecule has 3 heteroatoms. The maximum Gasteiger partial charge on any atom is 0.0180 e. The minimum absolute atomic E-state index is 0.435. The second-order valence-electron chi connectivity index (χ2n) is 3.31. The van der Waals surface area contributed by atoms with E-state index >= 15 is 0 Å². The van der Waals surface area contributed by atoms with Crippen molar-refractivity contribution < 1.29 is 0 Å². The number of hydrogen-bond donors (Lipinski definition) is 2. The number of hydrogen-bond acceptors (Lipinski definition) is 3. The lowest BCUT2D eigenvalue weighted by atomic mass is 10.3. The molecule has 3 N–H and O–H groups in total. The first-order valence-corrected chi connectivity index (χ1v) is 4.45. The Balaban J connectivity index is 1.99. The molecule has 1 unspecified atom stereocenters. The summed E-state index contributed by atoms with van der Waals surface area (Å²) in [4.78, 5) is 2.45. The minimum atomic E-state index is 0.435. The molecular weight excluding hydrogens is 138 g/mol. The first kappa shape index (κ1) is 8.97. The highest BCUT2D eigenvalue weighted by molar-refractivity contribution is 4.77. The fraction of sp³-hybridized carbons (Fsp3) is 1.00. The number of rotatable bonds is 4. The molecular formula is C8H19N3. The van der Waals surface area contributed by atoms with Crippen LogP contribution in [0.1, 0.15) is 12.8 Å². The van der Waals surface area contributed by atoms with E-state index in [2.05, 4.69) is 10.2 Å². The first-order chi connectivity index (χ1) is 5.33. The van der Waals surface area contributed by atoms with Crippen LogP contribution in [0.15, 0.2) is 0 Å². The molecule has 0 aliphatic carbocycles. The molecule has 0 amide bonds. The lowest BCUT2D eigenvalue weighted by molar-refractivity contribution is 0.328. The molecule has 1 fully saturated rings. The van der Waals surface area contributed by atoms with Crippen LogP contribution in [0, 0.1) is 0 Å². The maximum atomic E-state index is 5.77. The Hall–Kier alpha value is -0.120. The Morgan fingerprint density at radius 3 is 3.00 bits per heavy atom. The lowest BCUT2D eigenvalue weighted by Gasteiger charge is -2.14. The molecule has 3 nitrogen and oxygen atoms in total. The number of nitrogens with zero attached hydrogens (tertiary/aromatic N) is 1. The van der Waals surface area contributed by atoms with Crippen molar-refractivity contribution in [2.75, 3.05) is 33.2 Å². The lowest BCUT2D eigenvalue weighted by Crippen LogP contribution is -2.28. The van der Waals surface area contributed by atoms with E-state index in [1.165, 1.54) is 25.9 Å². The molecule has 0 aromatic carbocycles. The third kappa shape index (κ3) is 3.18. The molecule has 1 aliphatic rings. The molecule has 0 bridgehead atoms. The van der Waals surface area contributed by atoms with Crippen LogP contribution < -0.4 is 11.1 Å². The molecule has 0 radical (unpaired) electrons. The van der Waals surface area contributed by atoms with Gasteiger partial charge < -0.3 is 16.0 Å². The molecule has 1 aliphatic heterocycles. The van der Waals surface area contributed by atoms with Crippen LogP contribution in [0.3, 0.4) is 0 Å². The summed E-state index contributed by atoms with van der Waals surface area (Å²) in [6.07, 6.45) is 2.42. The highest BCUT2D eigenvalue weighted by atomic mass is 15.2. The van der Waals surface area contributed by atoms with Gasteiger partial charge in [0.05, 0.1) is 0 Å². The summed E-state index contributed by atoms with van der Waals surface area (Å²) in [5.74, 6) is 0. The average molecular weight is 157 g/mol. The second-order valence-corrected chi connectivity index (χ2v) is 3.31. The van der Waals surface area contributed by atoms with Crippen molar-refractivity contribution in [3.8, 4) is 0 Å². The van der Waals surface area contributed by atoms with Crippen LogP contribution in [0.4, 0.5) is 0 Å². The van der Waals surface area contributed by atoms with Crippen LogP contribution in [0.5, 0.6) is 0 Å². The van der Waals surface area contributed by atoms with Crippen molar-refractivity contribution >= 4 is 0 Å². The van der Waals surface area contributed by atoms with Crippen molar-refractivity contribution in [1.82, 2.24) is 10.2 Å². The van der Waals surface area contributed by atoms with Crippen molar-refractivity contribution in [2.45, 2.75) is 18.9 Å². The van der Waals surface area contributed by atoms with Gasteiger partial charge in [-0.05, 0) is 39.5 Å². The smallest absolute Gasteiger partial charge is 0.0180 e. The summed E-state index contributed by atoms with van der Waals surface area (Å²) in [6, 6.07) is 0.435. The molecule has 1 saturated heterocycles. The van der Waals surface area contributed by atoms with E-state index < -0.39 is 0 Å². The monoisotopic (exact) mass is 157 g/mol. The zero-order chi connectivity index (χ0) is 8.10. The van der Waals surface area contributed by atoms with Gasteiger partial charge >= 0.3 is 0 Å². The Labute approximate surface area is 68.9 Å². The van der Waals surface area contributed by atoms with Gasteiger partial charge in [-0.3, -0.25) is 0 Å². The molecule has 1 atom stereocenters. The summed E-state index contributed by atoms with van der Waals surface area (Å²) in [5, 5.41) is 3.14. The van der Waals surface area contributed by atoms with Crippen LogP contribution in [0.25, 0.3) is 0 Å². The zero-order valence-corrected chi connectivity index (χ0v) is 7.34. The van der Waals surface area contributed by atoms with E-state index in [0.29, 0.717) is 6.04 Å². The summed E-state index contributed by atoms with van der Waals surface area (Å²) >= 11 is 0. The van der Waals surface area contributed by atoms with Crippen LogP contribution in [-0.4, -0.2) is 44.2 Å². The normalized spacial score (nSPS) is 26.2. The average Bonchev–Trinajstić information content (AvgIpc) is 2.37. The third-order valence-electron chi connectivity index (χ3n) is 2.21. The van der Waals surface area contributed by atoms with Gasteiger partial charge in [0.2, 0.25) is 0 Å². The summed E-state index contributed by atoms with van der Waals surface area (Å²) in [6.45, 7) is 4.62. The Bertz CT molecular complexity index is 106. The van der Waals surface area contributed by atoms with E-state index in [1.54, 1.807) is 0 Å². The third-order valence-corrected chi connectivity index (χ3v) is 2.21. The number of likely N-dealkylation sites (tertiary alicyclic amines) is 1. The highest BCUT2D eigenvalue weighted by Gasteiger charge is 2.17. The minimum Gasteiger partial charge on any atom is -0.326 e. The van der Waals surface area contributed by atoms with E-state index in [9.17, 15) is 0 Å². The Morgan fingerprint density at radius 2 is 2.45 bits per heavy atom. The van der Waals surface area contributed by atoms with Crippen molar-refractivity contribution in [3.63, 3.8) is 0 Å². The number of nitrogens with two attached hydrogens (primary N) is 1. The maximum absolute atomic E-state index is 5.77. The largest absolute Gasteiger partial charge is 0.326 e. The molecule has 66 valence electrons. The van der Waals surface area contributed by atoms with Gasteiger partial charge in [0.25, 0.3) is 0 Å². The van der Waals surface area contributed by atoms with Gasteiger partial charge in [0.1, 0.15) is 0 Å². The predicted molar refractivity (Wildman–Crippen MR) is 47.6 cm³/mol. The molecule has 0 aromatic heterocycles. The van der Waals surface area contributed by atoms with Gasteiger partial charge in [0.15, 0.2) is 0 Å². The van der Waals surface area contributed by atoms with Gasteiger partial charge in [-0.2, -0.15) is 0 Å². The number of nitrogens with one attached hydrogen (secondary N) is 1. The zero-order valence-electron chi connectivity index (χ0n) is 7.34. The molecule has 0 spiro atoms. The first-order valence-electron chi connectivity index (χ1n) is 4.45. The van der Waals surface area contributed by atoms with E-state index in [1.807, 2.05) is 7.05 Å². The van der Waals surface area contributed by atoms with Crippen LogP contribution in [-0.2, 0) is 0 Å². The Morgan fingerprint density at radius 1 is 1.64 bits per heavy atom. The second kappa shape index (κ2) is 4.70. The van der Waals surface area contributed by atoms with Gasteiger partial charge in [0, 0.05) is 12.6 Å². The molecule has 0 saturated carbocycles. The SMILES string of the molecule is CNCCCN1CCC(N)C1. The fourth-order valence-electron chi connectivity index (χ4n) is 1.55.